The summed E-state index contributed by atoms with van der Waals surface area (Å²) in [5.74, 6) is -0.457. The zero-order chi connectivity index (χ0) is 16.4. The van der Waals surface area contributed by atoms with Crippen LogP contribution in [0.4, 0.5) is 4.39 Å². The predicted octanol–water partition coefficient (Wildman–Crippen LogP) is 2.98. The third kappa shape index (κ3) is 3.29. The van der Waals surface area contributed by atoms with Crippen molar-refractivity contribution in [2.45, 2.75) is 24.0 Å². The molecule has 0 aromatic heterocycles. The van der Waals surface area contributed by atoms with Gasteiger partial charge >= 0.3 is 0 Å². The highest BCUT2D eigenvalue weighted by Gasteiger charge is 2.36. The number of hydrogen-bond donors (Lipinski definition) is 0. The van der Waals surface area contributed by atoms with E-state index < -0.39 is 15.8 Å². The Morgan fingerprint density at radius 1 is 1.09 bits per heavy atom. The van der Waals surface area contributed by atoms with Crippen molar-refractivity contribution < 1.29 is 17.5 Å². The molecule has 3 rings (SSSR count). The number of morpholine rings is 1. The van der Waals surface area contributed by atoms with Gasteiger partial charge in [0.2, 0.25) is 10.0 Å². The average molecular weight is 335 g/mol. The van der Waals surface area contributed by atoms with E-state index in [0.717, 1.165) is 17.7 Å². The molecule has 0 spiro atoms. The number of rotatable bonds is 3. The Labute approximate surface area is 135 Å². The molecule has 1 aliphatic heterocycles. The van der Waals surface area contributed by atoms with Gasteiger partial charge in [0, 0.05) is 12.6 Å². The van der Waals surface area contributed by atoms with Crippen molar-refractivity contribution in [2.75, 3.05) is 13.2 Å². The highest BCUT2D eigenvalue weighted by atomic mass is 32.2. The predicted molar refractivity (Wildman–Crippen MR) is 84.9 cm³/mol. The van der Waals surface area contributed by atoms with Crippen LogP contribution in [0.3, 0.4) is 0 Å². The lowest BCUT2D eigenvalue weighted by molar-refractivity contribution is -0.0288. The van der Waals surface area contributed by atoms with Crippen LogP contribution in [0.1, 0.15) is 18.6 Å². The second kappa shape index (κ2) is 6.39. The molecule has 23 heavy (non-hydrogen) atoms. The van der Waals surface area contributed by atoms with E-state index in [-0.39, 0.29) is 23.6 Å². The molecule has 122 valence electrons. The topological polar surface area (TPSA) is 46.6 Å². The summed E-state index contributed by atoms with van der Waals surface area (Å²) in [5.41, 5.74) is 0.943. The Hall–Kier alpha value is -1.76. The molecule has 0 bridgehead atoms. The van der Waals surface area contributed by atoms with E-state index in [1.807, 2.05) is 37.3 Å². The molecule has 6 heteroatoms. The summed E-state index contributed by atoms with van der Waals surface area (Å²) < 4.78 is 45.9. The van der Waals surface area contributed by atoms with E-state index >= 15 is 0 Å². The lowest BCUT2D eigenvalue weighted by atomic mass is 10.1. The SMILES string of the molecule is CC1COC(c2ccccc2)CN1S(=O)(=O)c1ccc(F)cc1. The van der Waals surface area contributed by atoms with Crippen molar-refractivity contribution in [1.82, 2.24) is 4.31 Å². The quantitative estimate of drug-likeness (QED) is 0.866. The summed E-state index contributed by atoms with van der Waals surface area (Å²) in [7, 11) is -3.68. The summed E-state index contributed by atoms with van der Waals surface area (Å²) in [6.45, 7) is 2.37. The molecule has 2 unspecified atom stereocenters. The molecule has 1 fully saturated rings. The first-order valence-electron chi connectivity index (χ1n) is 7.42. The summed E-state index contributed by atoms with van der Waals surface area (Å²) >= 11 is 0. The Bertz CT molecular complexity index is 762. The molecule has 1 heterocycles. The van der Waals surface area contributed by atoms with Gasteiger partial charge in [0.05, 0.1) is 17.6 Å². The van der Waals surface area contributed by atoms with Gasteiger partial charge in [-0.1, -0.05) is 30.3 Å². The van der Waals surface area contributed by atoms with Gasteiger partial charge in [-0.05, 0) is 36.8 Å². The first kappa shape index (κ1) is 16.1. The van der Waals surface area contributed by atoms with E-state index in [4.69, 9.17) is 4.74 Å². The second-order valence-electron chi connectivity index (χ2n) is 5.61. The smallest absolute Gasteiger partial charge is 0.243 e. The first-order valence-corrected chi connectivity index (χ1v) is 8.86. The van der Waals surface area contributed by atoms with Gasteiger partial charge in [-0.25, -0.2) is 12.8 Å². The molecule has 0 aliphatic carbocycles. The number of halogens is 1. The lowest BCUT2D eigenvalue weighted by Gasteiger charge is -2.37. The number of nitrogens with zero attached hydrogens (tertiary/aromatic N) is 1. The summed E-state index contributed by atoms with van der Waals surface area (Å²) in [4.78, 5) is 0.0967. The van der Waals surface area contributed by atoms with Gasteiger partial charge in [-0.3, -0.25) is 0 Å². The Balaban J connectivity index is 1.89. The van der Waals surface area contributed by atoms with Crippen LogP contribution in [0.15, 0.2) is 59.5 Å². The van der Waals surface area contributed by atoms with Crippen LogP contribution in [-0.4, -0.2) is 31.9 Å². The molecule has 2 aromatic rings. The monoisotopic (exact) mass is 335 g/mol. The van der Waals surface area contributed by atoms with Crippen molar-refractivity contribution in [2.24, 2.45) is 0 Å². The van der Waals surface area contributed by atoms with Crippen LogP contribution in [0.5, 0.6) is 0 Å². The third-order valence-corrected chi connectivity index (χ3v) is 5.96. The Morgan fingerprint density at radius 2 is 1.74 bits per heavy atom. The molecular formula is C17H18FNO3S. The van der Waals surface area contributed by atoms with Crippen molar-refractivity contribution in [3.63, 3.8) is 0 Å². The number of sulfonamides is 1. The van der Waals surface area contributed by atoms with Crippen LogP contribution in [0.2, 0.25) is 0 Å². The fourth-order valence-corrected chi connectivity index (χ4v) is 4.30. The van der Waals surface area contributed by atoms with Gasteiger partial charge in [-0.2, -0.15) is 4.31 Å². The summed E-state index contributed by atoms with van der Waals surface area (Å²) in [6.07, 6.45) is -0.303. The van der Waals surface area contributed by atoms with E-state index in [1.165, 1.54) is 16.4 Å². The molecule has 0 amide bonds. The number of ether oxygens (including phenoxy) is 1. The maximum absolute atomic E-state index is 13.0. The summed E-state index contributed by atoms with van der Waals surface area (Å²) in [5, 5.41) is 0. The number of hydrogen-bond acceptors (Lipinski definition) is 3. The summed E-state index contributed by atoms with van der Waals surface area (Å²) in [6, 6.07) is 14.2. The van der Waals surface area contributed by atoms with E-state index in [1.54, 1.807) is 0 Å². The molecule has 0 saturated carbocycles. The zero-order valence-electron chi connectivity index (χ0n) is 12.7. The highest BCUT2D eigenvalue weighted by molar-refractivity contribution is 7.89. The van der Waals surface area contributed by atoms with Gasteiger partial charge in [0.1, 0.15) is 5.82 Å². The normalized spacial score (nSPS) is 22.9. The molecular weight excluding hydrogens is 317 g/mol. The minimum atomic E-state index is -3.68. The van der Waals surface area contributed by atoms with E-state index in [2.05, 4.69) is 0 Å². The Morgan fingerprint density at radius 3 is 2.39 bits per heavy atom. The fourth-order valence-electron chi connectivity index (χ4n) is 2.68. The molecule has 2 aromatic carbocycles. The van der Waals surface area contributed by atoms with Crippen molar-refractivity contribution in [3.05, 3.63) is 66.0 Å². The molecule has 2 atom stereocenters. The molecule has 1 saturated heterocycles. The number of benzene rings is 2. The van der Waals surface area contributed by atoms with E-state index in [0.29, 0.717) is 6.61 Å². The van der Waals surface area contributed by atoms with Gasteiger partial charge < -0.3 is 4.74 Å². The second-order valence-corrected chi connectivity index (χ2v) is 7.50. The van der Waals surface area contributed by atoms with Crippen LogP contribution in [0, 0.1) is 5.82 Å². The van der Waals surface area contributed by atoms with Crippen molar-refractivity contribution >= 4 is 10.0 Å². The van der Waals surface area contributed by atoms with E-state index in [9.17, 15) is 12.8 Å². The maximum Gasteiger partial charge on any atom is 0.243 e. The van der Waals surface area contributed by atoms with Gasteiger partial charge in [0.15, 0.2) is 0 Å². The van der Waals surface area contributed by atoms with Gasteiger partial charge in [-0.15, -0.1) is 0 Å². The Kier molecular flexibility index (Phi) is 4.48. The van der Waals surface area contributed by atoms with Crippen LogP contribution in [-0.2, 0) is 14.8 Å². The van der Waals surface area contributed by atoms with Crippen molar-refractivity contribution in [1.29, 1.82) is 0 Å². The van der Waals surface area contributed by atoms with Gasteiger partial charge in [0.25, 0.3) is 0 Å². The van der Waals surface area contributed by atoms with Crippen LogP contribution >= 0.6 is 0 Å². The molecule has 0 radical (unpaired) electrons. The largest absolute Gasteiger partial charge is 0.370 e. The van der Waals surface area contributed by atoms with Crippen LogP contribution < -0.4 is 0 Å². The standard InChI is InChI=1S/C17H18FNO3S/c1-13-12-22-17(14-5-3-2-4-6-14)11-19(13)23(20,21)16-9-7-15(18)8-10-16/h2-10,13,17H,11-12H2,1H3. The third-order valence-electron chi connectivity index (χ3n) is 3.97. The fraction of sp³-hybridized carbons (Fsp3) is 0.294. The highest BCUT2D eigenvalue weighted by Crippen LogP contribution is 2.29. The van der Waals surface area contributed by atoms with Crippen LogP contribution in [0.25, 0.3) is 0 Å². The molecule has 0 N–H and O–H groups in total. The molecule has 1 aliphatic rings. The minimum absolute atomic E-state index is 0.0967. The lowest BCUT2D eigenvalue weighted by Crippen LogP contribution is -2.48. The first-order chi connectivity index (χ1) is 11.0. The maximum atomic E-state index is 13.0. The minimum Gasteiger partial charge on any atom is -0.370 e. The average Bonchev–Trinajstić information content (AvgIpc) is 2.56. The zero-order valence-corrected chi connectivity index (χ0v) is 13.5. The molecule has 4 nitrogen and oxygen atoms in total. The van der Waals surface area contributed by atoms with Crippen molar-refractivity contribution in [3.8, 4) is 0 Å².